The number of para-hydroxylation sites is 1. The molecule has 2 aliphatic heterocycles. The molecule has 0 atom stereocenters. The topological polar surface area (TPSA) is 62.3 Å². The van der Waals surface area contributed by atoms with E-state index < -0.39 is 0 Å². The van der Waals surface area contributed by atoms with E-state index >= 15 is 0 Å². The van der Waals surface area contributed by atoms with E-state index in [1.165, 1.54) is 4.90 Å². The van der Waals surface area contributed by atoms with Crippen LogP contribution in [0, 0.1) is 0 Å². The van der Waals surface area contributed by atoms with Crippen LogP contribution in [0.2, 0.25) is 0 Å². The molecule has 1 aromatic carbocycles. The summed E-state index contributed by atoms with van der Waals surface area (Å²) in [6.45, 7) is 5.39. The highest BCUT2D eigenvalue weighted by Crippen LogP contribution is 2.37. The van der Waals surface area contributed by atoms with Gasteiger partial charge in [0.2, 0.25) is 0 Å². The van der Waals surface area contributed by atoms with Crippen LogP contribution in [0.5, 0.6) is 5.75 Å². The average molecular weight is 416 g/mol. The minimum absolute atomic E-state index is 0.223. The quantitative estimate of drug-likeness (QED) is 0.455. The molecule has 7 heteroatoms. The second-order valence-electron chi connectivity index (χ2n) is 7.88. The first-order valence-corrected chi connectivity index (χ1v) is 10.7. The van der Waals surface area contributed by atoms with Crippen LogP contribution in [0.1, 0.15) is 31.7 Å². The summed E-state index contributed by atoms with van der Waals surface area (Å²) in [4.78, 5) is 32.5. The van der Waals surface area contributed by atoms with E-state index in [9.17, 15) is 9.59 Å². The van der Waals surface area contributed by atoms with Gasteiger partial charge < -0.3 is 19.3 Å². The second kappa shape index (κ2) is 10.1. The van der Waals surface area contributed by atoms with Gasteiger partial charge in [0.25, 0.3) is 11.8 Å². The van der Waals surface area contributed by atoms with Crippen molar-refractivity contribution in [1.82, 2.24) is 14.7 Å². The van der Waals surface area contributed by atoms with Gasteiger partial charge >= 0.3 is 0 Å². The molecule has 0 spiro atoms. The van der Waals surface area contributed by atoms with Crippen molar-refractivity contribution in [3.63, 3.8) is 0 Å². The molecule has 2 amide bonds. The zero-order valence-electron chi connectivity index (χ0n) is 18.5. The van der Waals surface area contributed by atoms with Gasteiger partial charge in [-0.15, -0.1) is 0 Å². The molecule has 0 aromatic heterocycles. The van der Waals surface area contributed by atoms with Crippen LogP contribution in [0.25, 0.3) is 5.57 Å². The van der Waals surface area contributed by atoms with E-state index in [4.69, 9.17) is 9.47 Å². The maximum Gasteiger partial charge on any atom is 0.277 e. The van der Waals surface area contributed by atoms with Crippen LogP contribution in [0.15, 0.2) is 30.0 Å². The third-order valence-electron chi connectivity index (χ3n) is 5.98. The predicted octanol–water partition coefficient (Wildman–Crippen LogP) is 2.23. The number of carbonyl (C=O) groups excluding carboxylic acids is 2. The van der Waals surface area contributed by atoms with Gasteiger partial charge in [-0.05, 0) is 52.4 Å². The highest BCUT2D eigenvalue weighted by atomic mass is 16.5. The Labute approximate surface area is 179 Å². The molecule has 0 N–H and O–H groups in total. The van der Waals surface area contributed by atoms with Gasteiger partial charge in [0.1, 0.15) is 11.4 Å². The number of imide groups is 1. The van der Waals surface area contributed by atoms with Crippen LogP contribution in [-0.2, 0) is 14.3 Å². The lowest BCUT2D eigenvalue weighted by Crippen LogP contribution is -2.43. The van der Waals surface area contributed by atoms with Gasteiger partial charge in [0.05, 0.1) is 12.7 Å². The molecular formula is C23H33N3O4. The number of amides is 2. The van der Waals surface area contributed by atoms with Crippen LogP contribution in [0.3, 0.4) is 0 Å². The van der Waals surface area contributed by atoms with Crippen LogP contribution in [-0.4, -0.2) is 86.6 Å². The number of benzene rings is 1. The monoisotopic (exact) mass is 415 g/mol. The van der Waals surface area contributed by atoms with E-state index in [-0.39, 0.29) is 17.9 Å². The summed E-state index contributed by atoms with van der Waals surface area (Å²) in [5, 5.41) is 0. The third-order valence-corrected chi connectivity index (χ3v) is 5.98. The van der Waals surface area contributed by atoms with Crippen molar-refractivity contribution in [2.45, 2.75) is 32.2 Å². The van der Waals surface area contributed by atoms with Gasteiger partial charge in [-0.3, -0.25) is 14.5 Å². The number of hydrogen-bond acceptors (Lipinski definition) is 6. The molecule has 0 saturated carbocycles. The fraction of sp³-hybridized carbons (Fsp3) is 0.565. The van der Waals surface area contributed by atoms with Gasteiger partial charge in [-0.25, -0.2) is 0 Å². The molecule has 0 bridgehead atoms. The molecule has 0 radical (unpaired) electrons. The van der Waals surface area contributed by atoms with E-state index in [1.807, 2.05) is 43.1 Å². The Morgan fingerprint density at radius 2 is 1.83 bits per heavy atom. The van der Waals surface area contributed by atoms with Gasteiger partial charge in [-0.2, -0.15) is 0 Å². The number of ether oxygens (including phenoxy) is 2. The van der Waals surface area contributed by atoms with E-state index in [1.54, 1.807) is 7.11 Å². The highest BCUT2D eigenvalue weighted by molar-refractivity contribution is 6.36. The van der Waals surface area contributed by atoms with Crippen molar-refractivity contribution < 1.29 is 19.1 Å². The summed E-state index contributed by atoms with van der Waals surface area (Å²) >= 11 is 0. The Hall–Kier alpha value is -2.38. The molecule has 2 heterocycles. The van der Waals surface area contributed by atoms with E-state index in [2.05, 4.69) is 11.9 Å². The lowest BCUT2D eigenvalue weighted by atomic mass is 9.99. The number of likely N-dealkylation sites (N-methyl/N-ethyl adjacent to an activating group) is 1. The third kappa shape index (κ3) is 4.52. The normalized spacial score (nSPS) is 18.5. The summed E-state index contributed by atoms with van der Waals surface area (Å²) in [5.74, 6) is 0.119. The van der Waals surface area contributed by atoms with E-state index in [0.717, 1.165) is 25.9 Å². The smallest absolute Gasteiger partial charge is 0.277 e. The molecule has 0 unspecified atom stereocenters. The fourth-order valence-corrected chi connectivity index (χ4v) is 4.22. The zero-order chi connectivity index (χ0) is 21.7. The maximum absolute atomic E-state index is 13.4. The van der Waals surface area contributed by atoms with Crippen molar-refractivity contribution in [3.05, 3.63) is 35.5 Å². The van der Waals surface area contributed by atoms with E-state index in [0.29, 0.717) is 48.8 Å². The summed E-state index contributed by atoms with van der Waals surface area (Å²) in [6.07, 6.45) is 2.54. The Bertz CT molecular complexity index is 799. The Kier molecular flexibility index (Phi) is 7.50. The fourth-order valence-electron chi connectivity index (χ4n) is 4.22. The lowest BCUT2D eigenvalue weighted by Gasteiger charge is -2.36. The molecule has 3 rings (SSSR count). The second-order valence-corrected chi connectivity index (χ2v) is 7.88. The van der Waals surface area contributed by atoms with Crippen molar-refractivity contribution in [2.75, 3.05) is 54.1 Å². The Morgan fingerprint density at radius 1 is 1.13 bits per heavy atom. The number of rotatable bonds is 9. The Balaban J connectivity index is 1.96. The van der Waals surface area contributed by atoms with Gasteiger partial charge in [0, 0.05) is 38.4 Å². The summed E-state index contributed by atoms with van der Waals surface area (Å²) in [7, 11) is 5.64. The molecular weight excluding hydrogens is 382 g/mol. The predicted molar refractivity (Wildman–Crippen MR) is 116 cm³/mol. The Morgan fingerprint density at radius 3 is 2.50 bits per heavy atom. The van der Waals surface area contributed by atoms with Crippen LogP contribution < -0.4 is 4.74 Å². The van der Waals surface area contributed by atoms with Crippen molar-refractivity contribution in [2.24, 2.45) is 0 Å². The average Bonchev–Trinajstić information content (AvgIpc) is 3.01. The maximum atomic E-state index is 13.4. The first-order valence-electron chi connectivity index (χ1n) is 10.7. The number of nitrogens with zero attached hydrogens (tertiary/aromatic N) is 3. The lowest BCUT2D eigenvalue weighted by molar-refractivity contribution is -0.137. The zero-order valence-corrected chi connectivity index (χ0v) is 18.5. The molecule has 30 heavy (non-hydrogen) atoms. The molecule has 2 aliphatic rings. The summed E-state index contributed by atoms with van der Waals surface area (Å²) in [6, 6.07) is 7.63. The number of methoxy groups -OCH3 is 1. The standard InChI is InChI=1S/C23H33N3O4/c1-5-30-16-8-13-26-22(27)20(18-9-6-7-10-19(18)29-4)21(23(26)28)25(3)17-11-14-24(2)15-12-17/h6-7,9-10,17H,5,8,11-16H2,1-4H3. The van der Waals surface area contributed by atoms with Gasteiger partial charge in [-0.1, -0.05) is 18.2 Å². The molecule has 0 aliphatic carbocycles. The molecule has 1 aromatic rings. The first-order chi connectivity index (χ1) is 14.5. The van der Waals surface area contributed by atoms with Crippen molar-refractivity contribution in [3.8, 4) is 5.75 Å². The minimum Gasteiger partial charge on any atom is -0.496 e. The molecule has 7 nitrogen and oxygen atoms in total. The summed E-state index contributed by atoms with van der Waals surface area (Å²) < 4.78 is 10.9. The highest BCUT2D eigenvalue weighted by Gasteiger charge is 2.42. The minimum atomic E-state index is -0.254. The summed E-state index contributed by atoms with van der Waals surface area (Å²) in [5.41, 5.74) is 1.59. The first kappa shape index (κ1) is 22.3. The van der Waals surface area contributed by atoms with Crippen molar-refractivity contribution >= 4 is 17.4 Å². The molecule has 164 valence electrons. The van der Waals surface area contributed by atoms with Crippen LogP contribution >= 0.6 is 0 Å². The molecule has 1 saturated heterocycles. The number of piperidine rings is 1. The van der Waals surface area contributed by atoms with Crippen LogP contribution in [0.4, 0.5) is 0 Å². The molecule has 1 fully saturated rings. The number of hydrogen-bond donors (Lipinski definition) is 0. The SMILES string of the molecule is CCOCCCN1C(=O)C(c2ccccc2OC)=C(N(C)C2CCN(C)CC2)C1=O. The van der Waals surface area contributed by atoms with Crippen molar-refractivity contribution in [1.29, 1.82) is 0 Å². The largest absolute Gasteiger partial charge is 0.496 e. The van der Waals surface area contributed by atoms with Gasteiger partial charge in [0.15, 0.2) is 0 Å². The number of carbonyl (C=O) groups is 2. The number of likely N-dealkylation sites (tertiary alicyclic amines) is 1.